The molecule has 0 bridgehead atoms. The van der Waals surface area contributed by atoms with Gasteiger partial charge in [-0.1, -0.05) is 57.2 Å². The number of nitrogens with zero attached hydrogens (tertiary/aromatic N) is 2. The number of rotatable bonds is 13. The first-order chi connectivity index (χ1) is 17.4. The van der Waals surface area contributed by atoms with Gasteiger partial charge in [0.2, 0.25) is 21.8 Å². The van der Waals surface area contributed by atoms with Crippen LogP contribution in [0.1, 0.15) is 62.3 Å². The Balaban J connectivity index is 2.26. The van der Waals surface area contributed by atoms with Crippen LogP contribution in [0.5, 0.6) is 0 Å². The number of aryl methyl sites for hydroxylation is 2. The molecule has 0 saturated carbocycles. The molecule has 8 heteroatoms. The fourth-order valence-electron chi connectivity index (χ4n) is 4.30. The van der Waals surface area contributed by atoms with Crippen LogP contribution in [0.2, 0.25) is 0 Å². The largest absolute Gasteiger partial charge is 0.354 e. The van der Waals surface area contributed by atoms with Gasteiger partial charge in [-0.3, -0.25) is 13.9 Å². The lowest BCUT2D eigenvalue weighted by molar-refractivity contribution is -0.141. The van der Waals surface area contributed by atoms with Crippen LogP contribution in [0.15, 0.2) is 42.5 Å². The molecule has 2 aromatic rings. The molecule has 0 aromatic heterocycles. The summed E-state index contributed by atoms with van der Waals surface area (Å²) < 4.78 is 26.6. The molecule has 7 nitrogen and oxygen atoms in total. The fourth-order valence-corrected chi connectivity index (χ4v) is 5.32. The van der Waals surface area contributed by atoms with Gasteiger partial charge >= 0.3 is 0 Å². The molecule has 2 rings (SSSR count). The third-order valence-corrected chi connectivity index (χ3v) is 7.85. The minimum atomic E-state index is -3.54. The van der Waals surface area contributed by atoms with E-state index in [0.29, 0.717) is 37.5 Å². The minimum absolute atomic E-state index is 0.136. The van der Waals surface area contributed by atoms with E-state index in [4.69, 9.17) is 0 Å². The third kappa shape index (κ3) is 8.59. The molecular formula is C29H43N3O4S. The molecule has 0 aliphatic rings. The smallest absolute Gasteiger partial charge is 0.242 e. The van der Waals surface area contributed by atoms with Crippen molar-refractivity contribution in [3.05, 3.63) is 64.7 Å². The summed E-state index contributed by atoms with van der Waals surface area (Å²) in [6.07, 6.45) is 2.15. The highest BCUT2D eigenvalue weighted by Crippen LogP contribution is 2.26. The first-order valence-corrected chi connectivity index (χ1v) is 14.9. The summed E-state index contributed by atoms with van der Waals surface area (Å²) in [7, 11) is -3.54. The van der Waals surface area contributed by atoms with E-state index in [9.17, 15) is 18.0 Å². The number of carbonyl (C=O) groups excluding carboxylic acids is 2. The van der Waals surface area contributed by atoms with Crippen molar-refractivity contribution >= 4 is 27.5 Å². The maximum absolute atomic E-state index is 13.6. The molecule has 1 N–H and O–H groups in total. The standard InChI is InChI=1S/C29H43N3O4S/c1-8-26(29(34)30-19-21(2)3)31(20-25-15-10-9-13-23(25)5)28(33)17-12-18-32(37(7,35)36)27-16-11-14-22(4)24(27)6/h9-11,13-16,21,26H,8,12,17-20H2,1-7H3,(H,30,34)/t26-/m1/s1. The van der Waals surface area contributed by atoms with Gasteiger partial charge in [-0.2, -0.15) is 0 Å². The van der Waals surface area contributed by atoms with Crippen LogP contribution in [0.4, 0.5) is 5.69 Å². The van der Waals surface area contributed by atoms with E-state index < -0.39 is 16.1 Å². The zero-order valence-electron chi connectivity index (χ0n) is 23.4. The minimum Gasteiger partial charge on any atom is -0.354 e. The van der Waals surface area contributed by atoms with Gasteiger partial charge in [0.25, 0.3) is 0 Å². The van der Waals surface area contributed by atoms with Crippen molar-refractivity contribution in [2.75, 3.05) is 23.7 Å². The highest BCUT2D eigenvalue weighted by molar-refractivity contribution is 7.92. The number of carbonyl (C=O) groups is 2. The highest BCUT2D eigenvalue weighted by Gasteiger charge is 2.29. The van der Waals surface area contributed by atoms with E-state index in [1.165, 1.54) is 10.6 Å². The predicted molar refractivity (Wildman–Crippen MR) is 151 cm³/mol. The monoisotopic (exact) mass is 529 g/mol. The summed E-state index contributed by atoms with van der Waals surface area (Å²) in [6.45, 7) is 12.9. The van der Waals surface area contributed by atoms with Crippen LogP contribution < -0.4 is 9.62 Å². The molecule has 0 spiro atoms. The summed E-state index contributed by atoms with van der Waals surface area (Å²) in [5.41, 5.74) is 4.57. The van der Waals surface area contributed by atoms with Gasteiger partial charge in [-0.15, -0.1) is 0 Å². The van der Waals surface area contributed by atoms with Gasteiger partial charge in [0, 0.05) is 26.1 Å². The topological polar surface area (TPSA) is 86.8 Å². The van der Waals surface area contributed by atoms with Crippen LogP contribution in [0.25, 0.3) is 0 Å². The molecule has 0 radical (unpaired) electrons. The van der Waals surface area contributed by atoms with Crippen molar-refractivity contribution in [2.24, 2.45) is 5.92 Å². The molecule has 204 valence electrons. The van der Waals surface area contributed by atoms with Gasteiger partial charge in [0.05, 0.1) is 11.9 Å². The Hall–Kier alpha value is -2.87. The normalized spacial score (nSPS) is 12.3. The van der Waals surface area contributed by atoms with E-state index in [0.717, 1.165) is 22.3 Å². The maximum Gasteiger partial charge on any atom is 0.242 e. The van der Waals surface area contributed by atoms with Crippen molar-refractivity contribution in [1.29, 1.82) is 0 Å². The Morgan fingerprint density at radius 2 is 1.62 bits per heavy atom. The van der Waals surface area contributed by atoms with Gasteiger partial charge in [0.1, 0.15) is 6.04 Å². The van der Waals surface area contributed by atoms with E-state index in [2.05, 4.69) is 5.32 Å². The summed E-state index contributed by atoms with van der Waals surface area (Å²) in [4.78, 5) is 28.3. The molecular weight excluding hydrogens is 486 g/mol. The molecule has 37 heavy (non-hydrogen) atoms. The average Bonchev–Trinajstić information content (AvgIpc) is 2.82. The zero-order valence-corrected chi connectivity index (χ0v) is 24.2. The van der Waals surface area contributed by atoms with Crippen LogP contribution >= 0.6 is 0 Å². The summed E-state index contributed by atoms with van der Waals surface area (Å²) >= 11 is 0. The van der Waals surface area contributed by atoms with E-state index in [1.807, 2.05) is 77.9 Å². The van der Waals surface area contributed by atoms with Crippen LogP contribution in [-0.4, -0.2) is 50.5 Å². The van der Waals surface area contributed by atoms with Crippen molar-refractivity contribution in [3.8, 4) is 0 Å². The van der Waals surface area contributed by atoms with Gasteiger partial charge in [-0.25, -0.2) is 8.42 Å². The quantitative estimate of drug-likeness (QED) is 0.406. The number of benzene rings is 2. The summed E-state index contributed by atoms with van der Waals surface area (Å²) in [5.74, 6) is -0.0236. The third-order valence-electron chi connectivity index (χ3n) is 6.67. The summed E-state index contributed by atoms with van der Waals surface area (Å²) in [6, 6.07) is 12.8. The molecule has 0 unspecified atom stereocenters. The second kappa shape index (κ2) is 13.6. The van der Waals surface area contributed by atoms with Gasteiger partial charge in [-0.05, 0) is 67.9 Å². The van der Waals surface area contributed by atoms with Gasteiger partial charge in [0.15, 0.2) is 0 Å². The first-order valence-electron chi connectivity index (χ1n) is 13.0. The second-order valence-corrected chi connectivity index (χ2v) is 12.1. The summed E-state index contributed by atoms with van der Waals surface area (Å²) in [5, 5.41) is 2.98. The molecule has 0 aliphatic carbocycles. The number of hydrogen-bond acceptors (Lipinski definition) is 4. The Morgan fingerprint density at radius 1 is 0.973 bits per heavy atom. The van der Waals surface area contributed by atoms with Crippen molar-refractivity contribution in [3.63, 3.8) is 0 Å². The first kappa shape index (κ1) is 30.4. The van der Waals surface area contributed by atoms with Crippen molar-refractivity contribution in [2.45, 2.75) is 73.4 Å². The van der Waals surface area contributed by atoms with Crippen LogP contribution in [0.3, 0.4) is 0 Å². The Kier molecular flexibility index (Phi) is 11.2. The lowest BCUT2D eigenvalue weighted by Crippen LogP contribution is -2.49. The predicted octanol–water partition coefficient (Wildman–Crippen LogP) is 4.74. The number of sulfonamides is 1. The van der Waals surface area contributed by atoms with Crippen molar-refractivity contribution in [1.82, 2.24) is 10.2 Å². The SMILES string of the molecule is CC[C@H](C(=O)NCC(C)C)N(Cc1ccccc1C)C(=O)CCCN(c1cccc(C)c1C)S(C)(=O)=O. The fraction of sp³-hybridized carbons (Fsp3) is 0.517. The van der Waals surface area contributed by atoms with E-state index in [-0.39, 0.29) is 24.8 Å². The molecule has 2 aromatic carbocycles. The van der Waals surface area contributed by atoms with Gasteiger partial charge < -0.3 is 10.2 Å². The molecule has 0 saturated heterocycles. The zero-order chi connectivity index (χ0) is 27.8. The lowest BCUT2D eigenvalue weighted by Gasteiger charge is -2.32. The Labute approximate surface area is 223 Å². The number of amides is 2. The Bertz CT molecular complexity index is 1180. The lowest BCUT2D eigenvalue weighted by atomic mass is 10.0. The molecule has 2 amide bonds. The number of nitrogens with one attached hydrogen (secondary N) is 1. The highest BCUT2D eigenvalue weighted by atomic mass is 32.2. The Morgan fingerprint density at radius 3 is 2.22 bits per heavy atom. The number of anilines is 1. The maximum atomic E-state index is 13.6. The van der Waals surface area contributed by atoms with E-state index in [1.54, 1.807) is 11.0 Å². The van der Waals surface area contributed by atoms with E-state index >= 15 is 0 Å². The molecule has 1 atom stereocenters. The second-order valence-electron chi connectivity index (χ2n) is 10.2. The van der Waals surface area contributed by atoms with Crippen LogP contribution in [-0.2, 0) is 26.2 Å². The molecule has 0 heterocycles. The molecule has 0 aliphatic heterocycles. The van der Waals surface area contributed by atoms with Crippen LogP contribution in [0, 0.1) is 26.7 Å². The van der Waals surface area contributed by atoms with Crippen molar-refractivity contribution < 1.29 is 18.0 Å². The molecule has 0 fully saturated rings. The number of hydrogen-bond donors (Lipinski definition) is 1. The average molecular weight is 530 g/mol.